The Morgan fingerprint density at radius 2 is 2.27 bits per heavy atom. The second-order valence-electron chi connectivity index (χ2n) is 4.30. The van der Waals surface area contributed by atoms with E-state index in [0.717, 1.165) is 10.2 Å². The molecule has 1 aromatic heterocycles. The van der Waals surface area contributed by atoms with Crippen molar-refractivity contribution in [2.45, 2.75) is 20.1 Å². The van der Waals surface area contributed by atoms with Crippen molar-refractivity contribution in [3.63, 3.8) is 0 Å². The number of benzene rings is 1. The van der Waals surface area contributed by atoms with Crippen LogP contribution in [-0.4, -0.2) is 22.2 Å². The fourth-order valence-electron chi connectivity index (χ4n) is 1.87. The SMILES string of the molecule is CCn1ncc(Br)c1/C=C/C(=O)c1cccc(OC(F)F)c1. The summed E-state index contributed by atoms with van der Waals surface area (Å²) in [4.78, 5) is 12.1. The number of aromatic nitrogens is 2. The number of carbonyl (C=O) groups is 1. The van der Waals surface area contributed by atoms with Crippen LogP contribution in [0.5, 0.6) is 5.75 Å². The number of rotatable bonds is 6. The van der Waals surface area contributed by atoms with Gasteiger partial charge in [-0.25, -0.2) is 0 Å². The lowest BCUT2D eigenvalue weighted by atomic mass is 10.1. The zero-order valence-electron chi connectivity index (χ0n) is 11.7. The van der Waals surface area contributed by atoms with Gasteiger partial charge < -0.3 is 4.74 Å². The smallest absolute Gasteiger partial charge is 0.387 e. The molecular formula is C15H13BrF2N2O2. The van der Waals surface area contributed by atoms with Crippen LogP contribution in [-0.2, 0) is 6.54 Å². The molecule has 0 saturated heterocycles. The molecule has 0 fully saturated rings. The molecule has 0 spiro atoms. The summed E-state index contributed by atoms with van der Waals surface area (Å²) in [5.41, 5.74) is 1.03. The van der Waals surface area contributed by atoms with Gasteiger partial charge >= 0.3 is 6.61 Å². The van der Waals surface area contributed by atoms with Gasteiger partial charge in [0.05, 0.1) is 16.4 Å². The number of hydrogen-bond acceptors (Lipinski definition) is 3. The minimum Gasteiger partial charge on any atom is -0.435 e. The lowest BCUT2D eigenvalue weighted by Gasteiger charge is -2.05. The predicted octanol–water partition coefficient (Wildman–Crippen LogP) is 4.16. The highest BCUT2D eigenvalue weighted by Gasteiger charge is 2.09. The van der Waals surface area contributed by atoms with E-state index < -0.39 is 6.61 Å². The van der Waals surface area contributed by atoms with Gasteiger partial charge in [-0.2, -0.15) is 13.9 Å². The van der Waals surface area contributed by atoms with Crippen LogP contribution < -0.4 is 4.74 Å². The van der Waals surface area contributed by atoms with Crippen LogP contribution in [0.1, 0.15) is 23.0 Å². The molecule has 7 heteroatoms. The molecule has 0 saturated carbocycles. The molecule has 0 aliphatic carbocycles. The molecule has 1 aromatic carbocycles. The van der Waals surface area contributed by atoms with Gasteiger partial charge in [0.25, 0.3) is 0 Å². The zero-order chi connectivity index (χ0) is 16.1. The Bertz CT molecular complexity index is 699. The number of halogens is 3. The maximum Gasteiger partial charge on any atom is 0.387 e. The van der Waals surface area contributed by atoms with Crippen molar-refractivity contribution in [3.8, 4) is 5.75 Å². The third kappa shape index (κ3) is 4.00. The van der Waals surface area contributed by atoms with Gasteiger partial charge in [0.1, 0.15) is 5.75 Å². The average Bonchev–Trinajstić information content (AvgIpc) is 2.84. The maximum atomic E-state index is 12.2. The third-order valence-corrected chi connectivity index (χ3v) is 3.48. The fraction of sp³-hybridized carbons (Fsp3) is 0.200. The quantitative estimate of drug-likeness (QED) is 0.566. The van der Waals surface area contributed by atoms with E-state index in [4.69, 9.17) is 0 Å². The van der Waals surface area contributed by atoms with Crippen molar-refractivity contribution in [2.75, 3.05) is 0 Å². The monoisotopic (exact) mass is 370 g/mol. The van der Waals surface area contributed by atoms with Crippen LogP contribution in [0.25, 0.3) is 6.08 Å². The van der Waals surface area contributed by atoms with E-state index >= 15 is 0 Å². The van der Waals surface area contributed by atoms with Crippen LogP contribution >= 0.6 is 15.9 Å². The summed E-state index contributed by atoms with van der Waals surface area (Å²) in [6, 6.07) is 5.68. The van der Waals surface area contributed by atoms with E-state index in [9.17, 15) is 13.6 Å². The van der Waals surface area contributed by atoms with Crippen LogP contribution in [0.2, 0.25) is 0 Å². The van der Waals surface area contributed by atoms with Crippen LogP contribution in [0.4, 0.5) is 8.78 Å². The number of nitrogens with zero attached hydrogens (tertiary/aromatic N) is 2. The summed E-state index contributed by atoms with van der Waals surface area (Å²) in [6.07, 6.45) is 4.64. The highest BCUT2D eigenvalue weighted by atomic mass is 79.9. The van der Waals surface area contributed by atoms with Gasteiger partial charge in [-0.1, -0.05) is 12.1 Å². The minimum absolute atomic E-state index is 0.0472. The molecule has 0 N–H and O–H groups in total. The molecular weight excluding hydrogens is 358 g/mol. The summed E-state index contributed by atoms with van der Waals surface area (Å²) in [7, 11) is 0. The average molecular weight is 371 g/mol. The Morgan fingerprint density at radius 3 is 2.95 bits per heavy atom. The van der Waals surface area contributed by atoms with Crippen molar-refractivity contribution in [3.05, 3.63) is 52.3 Å². The molecule has 0 unspecified atom stereocenters. The van der Waals surface area contributed by atoms with Crippen LogP contribution in [0.3, 0.4) is 0 Å². The standard InChI is InChI=1S/C15H13BrF2N2O2/c1-2-20-13(12(16)9-19-20)6-7-14(21)10-4-3-5-11(8-10)22-15(17)18/h3-9,15H,2H2,1H3/b7-6+. The van der Waals surface area contributed by atoms with Crippen LogP contribution in [0, 0.1) is 0 Å². The Balaban J connectivity index is 2.18. The molecule has 0 aliphatic heterocycles. The first-order valence-corrected chi connectivity index (χ1v) is 7.29. The first-order chi connectivity index (χ1) is 10.5. The molecule has 0 bridgehead atoms. The number of alkyl halides is 2. The summed E-state index contributed by atoms with van der Waals surface area (Å²) >= 11 is 3.35. The minimum atomic E-state index is -2.92. The number of hydrogen-bond donors (Lipinski definition) is 0. The third-order valence-electron chi connectivity index (χ3n) is 2.87. The molecule has 1 heterocycles. The summed E-state index contributed by atoms with van der Waals surface area (Å²) in [5.74, 6) is -0.357. The summed E-state index contributed by atoms with van der Waals surface area (Å²) in [5, 5.41) is 4.14. The number of allylic oxidation sites excluding steroid dienone is 1. The molecule has 4 nitrogen and oxygen atoms in total. The highest BCUT2D eigenvalue weighted by molar-refractivity contribution is 9.10. The number of ketones is 1. The van der Waals surface area contributed by atoms with Gasteiger partial charge in [-0.05, 0) is 47.1 Å². The van der Waals surface area contributed by atoms with Gasteiger partial charge in [-0.3, -0.25) is 9.48 Å². The lowest BCUT2D eigenvalue weighted by molar-refractivity contribution is -0.0498. The molecule has 22 heavy (non-hydrogen) atoms. The van der Waals surface area contributed by atoms with Crippen molar-refractivity contribution < 1.29 is 18.3 Å². The van der Waals surface area contributed by atoms with Crippen LogP contribution in [0.15, 0.2) is 41.0 Å². The van der Waals surface area contributed by atoms with Gasteiger partial charge in [-0.15, -0.1) is 0 Å². The van der Waals surface area contributed by atoms with E-state index in [1.165, 1.54) is 30.3 Å². The molecule has 0 aliphatic rings. The highest BCUT2D eigenvalue weighted by Crippen LogP contribution is 2.19. The van der Waals surface area contributed by atoms with Crippen molar-refractivity contribution in [1.29, 1.82) is 0 Å². The maximum absolute atomic E-state index is 12.2. The zero-order valence-corrected chi connectivity index (χ0v) is 13.3. The summed E-state index contributed by atoms with van der Waals surface area (Å²) < 4.78 is 31.1. The largest absolute Gasteiger partial charge is 0.435 e. The number of carbonyl (C=O) groups excluding carboxylic acids is 1. The Morgan fingerprint density at radius 1 is 1.50 bits per heavy atom. The van der Waals surface area contributed by atoms with Crippen molar-refractivity contribution in [1.82, 2.24) is 9.78 Å². The van der Waals surface area contributed by atoms with E-state index in [2.05, 4.69) is 25.8 Å². The normalized spacial score (nSPS) is 11.3. The van der Waals surface area contributed by atoms with E-state index in [1.807, 2.05) is 6.92 Å². The van der Waals surface area contributed by atoms with Crippen molar-refractivity contribution in [2.24, 2.45) is 0 Å². The lowest BCUT2D eigenvalue weighted by Crippen LogP contribution is -2.03. The Hall–Kier alpha value is -2.02. The fourth-order valence-corrected chi connectivity index (χ4v) is 2.29. The van der Waals surface area contributed by atoms with E-state index in [1.54, 1.807) is 17.0 Å². The predicted molar refractivity (Wildman–Crippen MR) is 82.0 cm³/mol. The molecule has 2 rings (SSSR count). The topological polar surface area (TPSA) is 44.1 Å². The van der Waals surface area contributed by atoms with E-state index in [-0.39, 0.29) is 17.1 Å². The second-order valence-corrected chi connectivity index (χ2v) is 5.15. The van der Waals surface area contributed by atoms with E-state index in [0.29, 0.717) is 6.54 Å². The first kappa shape index (κ1) is 16.4. The number of ether oxygens (including phenoxy) is 1. The molecule has 116 valence electrons. The Kier molecular flexibility index (Phi) is 5.43. The van der Waals surface area contributed by atoms with Gasteiger partial charge in [0.2, 0.25) is 0 Å². The van der Waals surface area contributed by atoms with Gasteiger partial charge in [0, 0.05) is 12.1 Å². The molecule has 0 atom stereocenters. The molecule has 2 aromatic rings. The van der Waals surface area contributed by atoms with Gasteiger partial charge in [0.15, 0.2) is 5.78 Å². The van der Waals surface area contributed by atoms with Crippen molar-refractivity contribution >= 4 is 27.8 Å². The molecule has 0 radical (unpaired) electrons. The molecule has 0 amide bonds. The second kappa shape index (κ2) is 7.31. The summed E-state index contributed by atoms with van der Waals surface area (Å²) in [6.45, 7) is -0.322. The Labute approximate surface area is 134 Å². The number of aryl methyl sites for hydroxylation is 1. The first-order valence-electron chi connectivity index (χ1n) is 6.50.